The highest BCUT2D eigenvalue weighted by Crippen LogP contribution is 2.25. The van der Waals surface area contributed by atoms with E-state index in [1.807, 2.05) is 0 Å². The Balaban J connectivity index is 2.32. The summed E-state index contributed by atoms with van der Waals surface area (Å²) in [6.45, 7) is -0.609. The summed E-state index contributed by atoms with van der Waals surface area (Å²) in [6.07, 6.45) is -1.26. The number of aliphatic carboxylic acids is 1. The van der Waals surface area contributed by atoms with Crippen LogP contribution in [0.3, 0.4) is 0 Å². The summed E-state index contributed by atoms with van der Waals surface area (Å²) in [5, 5.41) is 19.6. The van der Waals surface area contributed by atoms with E-state index in [0.717, 1.165) is 20.5 Å². The molecule has 110 valence electrons. The minimum absolute atomic E-state index is 0.0486. The largest absolute Gasteiger partial charge is 0.480 e. The van der Waals surface area contributed by atoms with Crippen LogP contribution in [0.1, 0.15) is 0 Å². The van der Waals surface area contributed by atoms with Gasteiger partial charge in [-0.2, -0.15) is 4.31 Å². The number of hydrogen-bond acceptors (Lipinski definition) is 5. The molecule has 1 aromatic rings. The van der Waals surface area contributed by atoms with Crippen molar-refractivity contribution in [2.75, 3.05) is 19.6 Å². The highest BCUT2D eigenvalue weighted by Gasteiger charge is 2.41. The first kappa shape index (κ1) is 14.8. The number of sulfonamides is 1. The van der Waals surface area contributed by atoms with Crippen LogP contribution >= 0.6 is 11.3 Å². The summed E-state index contributed by atoms with van der Waals surface area (Å²) in [5.74, 6) is -1.36. The molecule has 2 rings (SSSR count). The van der Waals surface area contributed by atoms with Gasteiger partial charge in [0.15, 0.2) is 0 Å². The van der Waals surface area contributed by atoms with Gasteiger partial charge in [-0.1, -0.05) is 6.07 Å². The number of amides is 1. The maximum Gasteiger partial charge on any atom is 0.407 e. The molecule has 10 heteroatoms. The number of nitrogens with zero attached hydrogens (tertiary/aromatic N) is 2. The Morgan fingerprint density at radius 1 is 1.30 bits per heavy atom. The van der Waals surface area contributed by atoms with Gasteiger partial charge in [-0.3, -0.25) is 4.79 Å². The molecule has 0 spiro atoms. The molecule has 1 aliphatic heterocycles. The minimum atomic E-state index is -3.91. The fourth-order valence-electron chi connectivity index (χ4n) is 1.95. The summed E-state index contributed by atoms with van der Waals surface area (Å²) in [7, 11) is -3.91. The summed E-state index contributed by atoms with van der Waals surface area (Å²) in [6, 6.07) is 1.54. The maximum absolute atomic E-state index is 12.3. The summed E-state index contributed by atoms with van der Waals surface area (Å²) in [4.78, 5) is 23.0. The van der Waals surface area contributed by atoms with Crippen LogP contribution in [0, 0.1) is 0 Å². The Labute approximate surface area is 118 Å². The first-order valence-electron chi connectivity index (χ1n) is 5.60. The molecule has 1 unspecified atom stereocenters. The molecule has 0 radical (unpaired) electrons. The topological polar surface area (TPSA) is 115 Å². The van der Waals surface area contributed by atoms with E-state index in [1.54, 1.807) is 11.4 Å². The van der Waals surface area contributed by atoms with Crippen LogP contribution in [-0.2, 0) is 14.8 Å². The fraction of sp³-hybridized carbons (Fsp3) is 0.400. The summed E-state index contributed by atoms with van der Waals surface area (Å²) in [5.41, 5.74) is 0. The van der Waals surface area contributed by atoms with Gasteiger partial charge >= 0.3 is 12.1 Å². The lowest BCUT2D eigenvalue weighted by molar-refractivity contribution is -0.142. The van der Waals surface area contributed by atoms with Gasteiger partial charge < -0.3 is 15.1 Å². The van der Waals surface area contributed by atoms with Gasteiger partial charge in [-0.05, 0) is 11.4 Å². The van der Waals surface area contributed by atoms with Gasteiger partial charge in [0.2, 0.25) is 0 Å². The normalized spacial score (nSPS) is 20.8. The molecule has 0 aliphatic carbocycles. The molecule has 0 saturated carbocycles. The molecule has 1 atom stereocenters. The first-order valence-corrected chi connectivity index (χ1v) is 7.92. The molecule has 2 heterocycles. The zero-order valence-corrected chi connectivity index (χ0v) is 11.8. The van der Waals surface area contributed by atoms with Crippen molar-refractivity contribution in [3.05, 3.63) is 17.5 Å². The predicted octanol–water partition coefficient (Wildman–Crippen LogP) is 0.186. The second-order valence-electron chi connectivity index (χ2n) is 4.13. The summed E-state index contributed by atoms with van der Waals surface area (Å²) >= 11 is 0.992. The Morgan fingerprint density at radius 3 is 2.50 bits per heavy atom. The van der Waals surface area contributed by atoms with Crippen molar-refractivity contribution in [3.63, 3.8) is 0 Å². The average molecular weight is 320 g/mol. The summed E-state index contributed by atoms with van der Waals surface area (Å²) < 4.78 is 25.6. The molecule has 1 saturated heterocycles. The molecular weight excluding hydrogens is 308 g/mol. The third kappa shape index (κ3) is 2.62. The van der Waals surface area contributed by atoms with Gasteiger partial charge in [-0.15, -0.1) is 11.3 Å². The predicted molar refractivity (Wildman–Crippen MR) is 69.2 cm³/mol. The van der Waals surface area contributed by atoms with Crippen molar-refractivity contribution in [2.24, 2.45) is 0 Å². The Morgan fingerprint density at radius 2 is 2.00 bits per heavy atom. The van der Waals surface area contributed by atoms with Crippen LogP contribution in [0.5, 0.6) is 0 Å². The van der Waals surface area contributed by atoms with Crippen LogP contribution in [0.25, 0.3) is 0 Å². The fourth-order valence-corrected chi connectivity index (χ4v) is 4.64. The average Bonchev–Trinajstić information content (AvgIpc) is 2.92. The van der Waals surface area contributed by atoms with Crippen molar-refractivity contribution >= 4 is 33.4 Å². The zero-order valence-electron chi connectivity index (χ0n) is 10.2. The SMILES string of the molecule is O=C(O)C1CN(C(=O)O)CCN1S(=O)(=O)c1cccs1. The number of carboxylic acid groups (broad SMARTS) is 2. The van der Waals surface area contributed by atoms with Crippen molar-refractivity contribution in [1.82, 2.24) is 9.21 Å². The van der Waals surface area contributed by atoms with Crippen LogP contribution in [0.2, 0.25) is 0 Å². The van der Waals surface area contributed by atoms with Crippen molar-refractivity contribution in [1.29, 1.82) is 0 Å². The van der Waals surface area contributed by atoms with Gasteiger partial charge in [0, 0.05) is 13.1 Å². The number of rotatable bonds is 3. The molecule has 20 heavy (non-hydrogen) atoms. The molecule has 1 aromatic heterocycles. The molecule has 0 bridgehead atoms. The van der Waals surface area contributed by atoms with E-state index >= 15 is 0 Å². The van der Waals surface area contributed by atoms with E-state index in [0.29, 0.717) is 0 Å². The van der Waals surface area contributed by atoms with Crippen LogP contribution in [0.15, 0.2) is 21.7 Å². The number of carboxylic acids is 1. The number of piperazine rings is 1. The van der Waals surface area contributed by atoms with Crippen LogP contribution in [-0.4, -0.2) is 65.6 Å². The lowest BCUT2D eigenvalue weighted by Crippen LogP contribution is -2.58. The van der Waals surface area contributed by atoms with Crippen LogP contribution < -0.4 is 0 Å². The quantitative estimate of drug-likeness (QED) is 0.821. The third-order valence-electron chi connectivity index (χ3n) is 2.94. The monoisotopic (exact) mass is 320 g/mol. The molecule has 2 N–H and O–H groups in total. The van der Waals surface area contributed by atoms with E-state index in [2.05, 4.69) is 0 Å². The molecule has 1 aliphatic rings. The maximum atomic E-state index is 12.3. The third-order valence-corrected chi connectivity index (χ3v) is 6.23. The molecule has 1 amide bonds. The van der Waals surface area contributed by atoms with Gasteiger partial charge in [-0.25, -0.2) is 13.2 Å². The molecule has 0 aromatic carbocycles. The van der Waals surface area contributed by atoms with E-state index in [9.17, 15) is 18.0 Å². The van der Waals surface area contributed by atoms with E-state index < -0.39 is 28.1 Å². The van der Waals surface area contributed by atoms with E-state index in [1.165, 1.54) is 6.07 Å². The Hall–Kier alpha value is -1.65. The van der Waals surface area contributed by atoms with Gasteiger partial charge in [0.25, 0.3) is 10.0 Å². The van der Waals surface area contributed by atoms with Gasteiger partial charge in [0.05, 0.1) is 6.54 Å². The van der Waals surface area contributed by atoms with Crippen molar-refractivity contribution in [2.45, 2.75) is 10.3 Å². The Bertz CT molecular complexity index is 612. The van der Waals surface area contributed by atoms with Crippen molar-refractivity contribution in [3.8, 4) is 0 Å². The number of carbonyl (C=O) groups is 2. The number of thiophene rings is 1. The highest BCUT2D eigenvalue weighted by molar-refractivity contribution is 7.91. The lowest BCUT2D eigenvalue weighted by Gasteiger charge is -2.36. The smallest absolute Gasteiger partial charge is 0.407 e. The molecular formula is C10H12N2O6S2. The second-order valence-corrected chi connectivity index (χ2v) is 7.20. The van der Waals surface area contributed by atoms with Crippen molar-refractivity contribution < 1.29 is 28.2 Å². The van der Waals surface area contributed by atoms with Crippen LogP contribution in [0.4, 0.5) is 4.79 Å². The zero-order chi connectivity index (χ0) is 14.9. The molecule has 8 nitrogen and oxygen atoms in total. The van der Waals surface area contributed by atoms with E-state index in [-0.39, 0.29) is 23.8 Å². The lowest BCUT2D eigenvalue weighted by atomic mass is 10.2. The minimum Gasteiger partial charge on any atom is -0.480 e. The number of hydrogen-bond donors (Lipinski definition) is 2. The highest BCUT2D eigenvalue weighted by atomic mass is 32.2. The van der Waals surface area contributed by atoms with E-state index in [4.69, 9.17) is 10.2 Å². The molecule has 1 fully saturated rings. The Kier molecular flexibility index (Phi) is 3.97. The van der Waals surface area contributed by atoms with Gasteiger partial charge in [0.1, 0.15) is 10.3 Å². The second kappa shape index (κ2) is 5.38. The first-order chi connectivity index (χ1) is 9.34. The standard InChI is InChI=1S/C10H12N2O6S2/c13-9(14)7-6-11(10(15)16)3-4-12(7)20(17,18)8-2-1-5-19-8/h1-2,5,7H,3-4,6H2,(H,13,14)(H,15,16).